The largest absolute Gasteiger partial charge is 0.412 e. The van der Waals surface area contributed by atoms with Crippen LogP contribution in [0.25, 0.3) is 0 Å². The van der Waals surface area contributed by atoms with Crippen molar-refractivity contribution in [3.05, 3.63) is 53.6 Å². The van der Waals surface area contributed by atoms with Gasteiger partial charge in [0.1, 0.15) is 5.75 Å². The number of nitrogens with two attached hydrogens (primary N) is 1. The molecule has 3 nitrogen and oxygen atoms in total. The van der Waals surface area contributed by atoms with Crippen LogP contribution in [0.5, 0.6) is 5.75 Å². The third-order valence-electron chi connectivity index (χ3n) is 2.12. The fourth-order valence-corrected chi connectivity index (χ4v) is 1.44. The van der Waals surface area contributed by atoms with Gasteiger partial charge < -0.3 is 10.2 Å². The van der Waals surface area contributed by atoms with Crippen molar-refractivity contribution in [1.82, 2.24) is 0 Å². The second-order valence-corrected chi connectivity index (χ2v) is 3.71. The van der Waals surface area contributed by atoms with Crippen LogP contribution < -0.4 is 16.1 Å². The van der Waals surface area contributed by atoms with E-state index in [1.807, 2.05) is 36.4 Å². The molecule has 16 heavy (non-hydrogen) atoms. The van der Waals surface area contributed by atoms with Gasteiger partial charge in [0, 0.05) is 16.4 Å². The molecule has 0 fully saturated rings. The van der Waals surface area contributed by atoms with E-state index in [2.05, 4.69) is 10.2 Å². The zero-order valence-electron chi connectivity index (χ0n) is 8.48. The Labute approximate surface area is 98.7 Å². The first-order valence-corrected chi connectivity index (χ1v) is 5.15. The SMILES string of the molecule is NOc1ccc(Nc2ccc(Cl)cc2)cc1. The predicted molar refractivity (Wildman–Crippen MR) is 66.0 cm³/mol. The number of benzene rings is 2. The highest BCUT2D eigenvalue weighted by Crippen LogP contribution is 2.20. The number of rotatable bonds is 3. The molecule has 0 bridgehead atoms. The standard InChI is InChI=1S/C12H11ClN2O/c13-9-1-3-10(4-2-9)15-11-5-7-12(16-14)8-6-11/h1-8,15H,14H2. The number of hydrogen-bond donors (Lipinski definition) is 2. The molecule has 0 radical (unpaired) electrons. The van der Waals surface area contributed by atoms with Crippen LogP contribution in [0.2, 0.25) is 5.02 Å². The maximum absolute atomic E-state index is 5.80. The summed E-state index contributed by atoms with van der Waals surface area (Å²) in [4.78, 5) is 4.59. The molecule has 0 aliphatic heterocycles. The van der Waals surface area contributed by atoms with E-state index in [-0.39, 0.29) is 0 Å². The highest BCUT2D eigenvalue weighted by molar-refractivity contribution is 6.30. The van der Waals surface area contributed by atoms with Gasteiger partial charge in [0.25, 0.3) is 0 Å². The lowest BCUT2D eigenvalue weighted by molar-refractivity contribution is 0.334. The van der Waals surface area contributed by atoms with Crippen molar-refractivity contribution >= 4 is 23.0 Å². The molecule has 0 aliphatic carbocycles. The van der Waals surface area contributed by atoms with Gasteiger partial charge in [0.2, 0.25) is 0 Å². The highest BCUT2D eigenvalue weighted by atomic mass is 35.5. The Balaban J connectivity index is 2.11. The molecular formula is C12H11ClN2O. The monoisotopic (exact) mass is 234 g/mol. The van der Waals surface area contributed by atoms with Crippen LogP contribution >= 0.6 is 11.6 Å². The van der Waals surface area contributed by atoms with E-state index in [9.17, 15) is 0 Å². The van der Waals surface area contributed by atoms with Gasteiger partial charge in [-0.25, -0.2) is 0 Å². The Bertz CT molecular complexity index is 453. The summed E-state index contributed by atoms with van der Waals surface area (Å²) in [6.07, 6.45) is 0. The maximum Gasteiger partial charge on any atom is 0.146 e. The van der Waals surface area contributed by atoms with Crippen LogP contribution in [-0.4, -0.2) is 0 Å². The Hall–Kier alpha value is -1.71. The topological polar surface area (TPSA) is 47.3 Å². The quantitative estimate of drug-likeness (QED) is 0.801. The lowest BCUT2D eigenvalue weighted by atomic mass is 10.2. The molecule has 3 N–H and O–H groups in total. The summed E-state index contributed by atoms with van der Waals surface area (Å²) in [5.74, 6) is 5.66. The van der Waals surface area contributed by atoms with Crippen molar-refractivity contribution in [3.63, 3.8) is 0 Å². The average Bonchev–Trinajstić information content (AvgIpc) is 2.33. The van der Waals surface area contributed by atoms with Crippen molar-refractivity contribution in [1.29, 1.82) is 0 Å². The summed E-state index contributed by atoms with van der Waals surface area (Å²) in [6.45, 7) is 0. The molecule has 0 unspecified atom stereocenters. The minimum atomic E-state index is 0.627. The molecule has 2 aromatic rings. The van der Waals surface area contributed by atoms with Crippen LogP contribution in [0.3, 0.4) is 0 Å². The van der Waals surface area contributed by atoms with Crippen molar-refractivity contribution in [2.24, 2.45) is 5.90 Å². The summed E-state index contributed by atoms with van der Waals surface area (Å²) < 4.78 is 0. The molecule has 0 saturated carbocycles. The maximum atomic E-state index is 5.80. The fourth-order valence-electron chi connectivity index (χ4n) is 1.32. The second-order valence-electron chi connectivity index (χ2n) is 3.27. The van der Waals surface area contributed by atoms with Crippen LogP contribution in [0.15, 0.2) is 48.5 Å². The smallest absolute Gasteiger partial charge is 0.146 e. The van der Waals surface area contributed by atoms with Crippen LogP contribution in [0, 0.1) is 0 Å². The summed E-state index contributed by atoms with van der Waals surface area (Å²) >= 11 is 5.80. The lowest BCUT2D eigenvalue weighted by Gasteiger charge is -2.06. The first-order chi connectivity index (χ1) is 7.78. The van der Waals surface area contributed by atoms with E-state index in [1.54, 1.807) is 12.1 Å². The minimum absolute atomic E-state index is 0.627. The fraction of sp³-hybridized carbons (Fsp3) is 0. The number of halogens is 1. The third-order valence-corrected chi connectivity index (χ3v) is 2.38. The normalized spacial score (nSPS) is 9.88. The van der Waals surface area contributed by atoms with Gasteiger partial charge in [0.05, 0.1) is 0 Å². The summed E-state index contributed by atoms with van der Waals surface area (Å²) in [6, 6.07) is 14.8. The van der Waals surface area contributed by atoms with Crippen molar-refractivity contribution in [2.45, 2.75) is 0 Å². The molecule has 4 heteroatoms. The molecule has 0 amide bonds. The van der Waals surface area contributed by atoms with E-state index in [0.29, 0.717) is 5.75 Å². The molecule has 0 saturated heterocycles. The summed E-state index contributed by atoms with van der Waals surface area (Å²) in [5, 5.41) is 3.95. The van der Waals surface area contributed by atoms with Crippen LogP contribution in [0.4, 0.5) is 11.4 Å². The molecule has 0 spiro atoms. The van der Waals surface area contributed by atoms with Crippen LogP contribution in [-0.2, 0) is 0 Å². The second kappa shape index (κ2) is 4.88. The van der Waals surface area contributed by atoms with E-state index < -0.39 is 0 Å². The van der Waals surface area contributed by atoms with Crippen LogP contribution in [0.1, 0.15) is 0 Å². The Kier molecular flexibility index (Phi) is 3.29. The molecule has 0 aromatic heterocycles. The van der Waals surface area contributed by atoms with Gasteiger partial charge in [0.15, 0.2) is 0 Å². The van der Waals surface area contributed by atoms with Gasteiger partial charge in [-0.15, -0.1) is 0 Å². The first-order valence-electron chi connectivity index (χ1n) is 4.77. The van der Waals surface area contributed by atoms with Gasteiger partial charge >= 0.3 is 0 Å². The third kappa shape index (κ3) is 2.66. The Morgan fingerprint density at radius 2 is 1.38 bits per heavy atom. The molecule has 82 valence electrons. The van der Waals surface area contributed by atoms with E-state index in [1.165, 1.54) is 0 Å². The van der Waals surface area contributed by atoms with Gasteiger partial charge in [-0.1, -0.05) is 11.6 Å². The molecule has 2 aromatic carbocycles. The van der Waals surface area contributed by atoms with E-state index in [0.717, 1.165) is 16.4 Å². The lowest BCUT2D eigenvalue weighted by Crippen LogP contribution is -2.01. The van der Waals surface area contributed by atoms with E-state index in [4.69, 9.17) is 17.5 Å². The molecule has 0 aliphatic rings. The predicted octanol–water partition coefficient (Wildman–Crippen LogP) is 3.34. The van der Waals surface area contributed by atoms with Gasteiger partial charge in [-0.05, 0) is 48.5 Å². The Morgan fingerprint density at radius 1 is 0.875 bits per heavy atom. The van der Waals surface area contributed by atoms with Crippen molar-refractivity contribution < 1.29 is 4.84 Å². The zero-order valence-corrected chi connectivity index (χ0v) is 9.24. The van der Waals surface area contributed by atoms with Gasteiger partial charge in [-0.2, -0.15) is 5.90 Å². The van der Waals surface area contributed by atoms with E-state index >= 15 is 0 Å². The van der Waals surface area contributed by atoms with Crippen molar-refractivity contribution in [2.75, 3.05) is 5.32 Å². The molecular weight excluding hydrogens is 224 g/mol. The minimum Gasteiger partial charge on any atom is -0.412 e. The highest BCUT2D eigenvalue weighted by Gasteiger charge is 1.95. The Morgan fingerprint density at radius 3 is 1.88 bits per heavy atom. The van der Waals surface area contributed by atoms with Crippen molar-refractivity contribution in [3.8, 4) is 5.75 Å². The zero-order chi connectivity index (χ0) is 11.4. The summed E-state index contributed by atoms with van der Waals surface area (Å²) in [5.41, 5.74) is 1.94. The summed E-state index contributed by atoms with van der Waals surface area (Å²) in [7, 11) is 0. The number of nitrogens with one attached hydrogen (secondary N) is 1. The van der Waals surface area contributed by atoms with Gasteiger partial charge in [-0.3, -0.25) is 0 Å². The average molecular weight is 235 g/mol. The number of anilines is 2. The first kappa shape index (κ1) is 10.8. The molecule has 0 atom stereocenters. The molecule has 2 rings (SSSR count). The molecule has 0 heterocycles. The number of hydrogen-bond acceptors (Lipinski definition) is 3.